The lowest BCUT2D eigenvalue weighted by atomic mass is 10.1. The minimum atomic E-state index is 0.674. The van der Waals surface area contributed by atoms with Crippen molar-refractivity contribution in [3.05, 3.63) is 41.2 Å². The van der Waals surface area contributed by atoms with Gasteiger partial charge in [0.25, 0.3) is 0 Å². The molecule has 0 saturated carbocycles. The van der Waals surface area contributed by atoms with E-state index in [0.29, 0.717) is 6.54 Å². The summed E-state index contributed by atoms with van der Waals surface area (Å²) in [6.45, 7) is 0.674. The largest absolute Gasteiger partial charge is 0.497 e. The zero-order valence-corrected chi connectivity index (χ0v) is 10.9. The first-order valence-electron chi connectivity index (χ1n) is 6.39. The Labute approximate surface area is 114 Å². The summed E-state index contributed by atoms with van der Waals surface area (Å²) in [5.41, 5.74) is 4.44. The first-order chi connectivity index (χ1) is 9.83. The highest BCUT2D eigenvalue weighted by atomic mass is 16.5. The number of fused-ring (bicyclic) bond motifs is 2. The van der Waals surface area contributed by atoms with Crippen LogP contribution in [0.25, 0.3) is 28.5 Å². The maximum absolute atomic E-state index is 5.17. The molecule has 2 aromatic heterocycles. The van der Waals surface area contributed by atoms with Crippen LogP contribution in [-0.4, -0.2) is 28.6 Å². The van der Waals surface area contributed by atoms with Crippen LogP contribution < -0.4 is 15.6 Å². The van der Waals surface area contributed by atoms with E-state index in [2.05, 4.69) is 19.9 Å². The second-order valence-corrected chi connectivity index (χ2v) is 4.62. The van der Waals surface area contributed by atoms with E-state index in [1.165, 1.54) is 0 Å². The number of benzene rings is 1. The van der Waals surface area contributed by atoms with Crippen molar-refractivity contribution in [1.29, 1.82) is 0 Å². The number of aromatic nitrogens is 3. The van der Waals surface area contributed by atoms with Gasteiger partial charge in [-0.1, -0.05) is 0 Å². The van der Waals surface area contributed by atoms with E-state index in [4.69, 9.17) is 4.74 Å². The Morgan fingerprint density at radius 1 is 1.15 bits per heavy atom. The average molecular weight is 264 g/mol. The van der Waals surface area contributed by atoms with Gasteiger partial charge < -0.3 is 9.72 Å². The van der Waals surface area contributed by atoms with Crippen LogP contribution in [0, 0.1) is 0 Å². The molecule has 20 heavy (non-hydrogen) atoms. The molecule has 1 aliphatic rings. The van der Waals surface area contributed by atoms with Crippen molar-refractivity contribution >= 4 is 17.2 Å². The number of hydrogen-bond acceptors (Lipinski definition) is 4. The van der Waals surface area contributed by atoms with E-state index in [1.54, 1.807) is 7.11 Å². The molecule has 1 N–H and O–H groups in total. The second kappa shape index (κ2) is 4.16. The molecule has 0 atom stereocenters. The van der Waals surface area contributed by atoms with E-state index in [-0.39, 0.29) is 0 Å². The summed E-state index contributed by atoms with van der Waals surface area (Å²) >= 11 is 0. The zero-order valence-electron chi connectivity index (χ0n) is 10.9. The standard InChI is InChI=1S/C15H12N4O/c1-20-10-4-2-9(3-5-10)12-8-13-15(18-12)17-11-6-7-16-14(11)19-13/h2-6,8H,7H2,1H3,(H,17,18). The molecular weight excluding hydrogens is 252 g/mol. The molecular formula is C15H12N4O. The van der Waals surface area contributed by atoms with Gasteiger partial charge in [0.15, 0.2) is 11.1 Å². The van der Waals surface area contributed by atoms with E-state index in [0.717, 1.165) is 39.0 Å². The highest BCUT2D eigenvalue weighted by molar-refractivity contribution is 5.79. The predicted molar refractivity (Wildman–Crippen MR) is 76.0 cm³/mol. The van der Waals surface area contributed by atoms with Crippen LogP contribution in [0.2, 0.25) is 0 Å². The second-order valence-electron chi connectivity index (χ2n) is 4.62. The van der Waals surface area contributed by atoms with Gasteiger partial charge in [0.1, 0.15) is 16.6 Å². The zero-order chi connectivity index (χ0) is 13.5. The summed E-state index contributed by atoms with van der Waals surface area (Å²) in [7, 11) is 1.66. The van der Waals surface area contributed by atoms with Crippen LogP contribution in [0.4, 0.5) is 0 Å². The van der Waals surface area contributed by atoms with Crippen molar-refractivity contribution in [2.24, 2.45) is 4.99 Å². The van der Waals surface area contributed by atoms with Gasteiger partial charge in [0.2, 0.25) is 0 Å². The van der Waals surface area contributed by atoms with Crippen LogP contribution in [0.15, 0.2) is 35.3 Å². The summed E-state index contributed by atoms with van der Waals surface area (Å²) in [4.78, 5) is 16.7. The van der Waals surface area contributed by atoms with Gasteiger partial charge in [-0.25, -0.2) is 9.97 Å². The maximum atomic E-state index is 5.17. The lowest BCUT2D eigenvalue weighted by Gasteiger charge is -2.00. The topological polar surface area (TPSA) is 63.2 Å². The van der Waals surface area contributed by atoms with E-state index >= 15 is 0 Å². The fraction of sp³-hybridized carbons (Fsp3) is 0.133. The number of nitrogens with one attached hydrogen (secondary N) is 1. The van der Waals surface area contributed by atoms with Gasteiger partial charge in [0.05, 0.1) is 13.7 Å². The average Bonchev–Trinajstić information content (AvgIpc) is 3.10. The quantitative estimate of drug-likeness (QED) is 0.752. The molecule has 0 spiro atoms. The third kappa shape index (κ3) is 1.67. The Hall–Kier alpha value is -2.69. The van der Waals surface area contributed by atoms with E-state index < -0.39 is 0 Å². The molecule has 0 fully saturated rings. The van der Waals surface area contributed by atoms with Crippen molar-refractivity contribution in [2.45, 2.75) is 0 Å². The molecule has 98 valence electrons. The Balaban J connectivity index is 1.86. The number of ether oxygens (including phenoxy) is 1. The van der Waals surface area contributed by atoms with Gasteiger partial charge in [-0.2, -0.15) is 0 Å². The number of methoxy groups -OCH3 is 1. The van der Waals surface area contributed by atoms with Crippen molar-refractivity contribution in [3.63, 3.8) is 0 Å². The van der Waals surface area contributed by atoms with E-state index in [9.17, 15) is 0 Å². The highest BCUT2D eigenvalue weighted by Gasteiger charge is 2.08. The minimum Gasteiger partial charge on any atom is -0.497 e. The van der Waals surface area contributed by atoms with E-state index in [1.807, 2.05) is 36.4 Å². The van der Waals surface area contributed by atoms with Crippen LogP contribution in [-0.2, 0) is 0 Å². The fourth-order valence-electron chi connectivity index (χ4n) is 2.34. The third-order valence-corrected chi connectivity index (χ3v) is 3.39. The van der Waals surface area contributed by atoms with Gasteiger partial charge >= 0.3 is 0 Å². The number of rotatable bonds is 2. The molecule has 3 heterocycles. The summed E-state index contributed by atoms with van der Waals surface area (Å²) in [5, 5.41) is 0.862. The number of aromatic amines is 1. The molecule has 5 nitrogen and oxygen atoms in total. The third-order valence-electron chi connectivity index (χ3n) is 3.39. The smallest absolute Gasteiger partial charge is 0.174 e. The van der Waals surface area contributed by atoms with Crippen LogP contribution in [0.5, 0.6) is 5.75 Å². The Kier molecular flexibility index (Phi) is 2.32. The summed E-state index contributed by atoms with van der Waals surface area (Å²) in [6, 6.07) is 9.88. The van der Waals surface area contributed by atoms with Gasteiger partial charge in [-0.15, -0.1) is 0 Å². The first-order valence-corrected chi connectivity index (χ1v) is 6.39. The van der Waals surface area contributed by atoms with Crippen molar-refractivity contribution in [2.75, 3.05) is 13.7 Å². The highest BCUT2D eigenvalue weighted by Crippen LogP contribution is 2.23. The summed E-state index contributed by atoms with van der Waals surface area (Å²) in [5.74, 6) is 0.841. The first kappa shape index (κ1) is 11.2. The lowest BCUT2D eigenvalue weighted by molar-refractivity contribution is 0.415. The van der Waals surface area contributed by atoms with Crippen molar-refractivity contribution in [1.82, 2.24) is 15.0 Å². The molecule has 0 saturated heterocycles. The molecule has 1 aliphatic heterocycles. The number of nitrogens with zero attached hydrogens (tertiary/aromatic N) is 3. The molecule has 0 unspecified atom stereocenters. The Bertz CT molecular complexity index is 858. The van der Waals surface area contributed by atoms with Crippen molar-refractivity contribution in [3.8, 4) is 17.0 Å². The molecule has 0 aliphatic carbocycles. The monoisotopic (exact) mass is 264 g/mol. The van der Waals surface area contributed by atoms with Gasteiger partial charge in [0, 0.05) is 5.69 Å². The molecule has 0 radical (unpaired) electrons. The number of hydrogen-bond donors (Lipinski definition) is 1. The SMILES string of the molecule is COc1ccc(-c2cc3nc4c(nc3[nH]2)=CCN=4)cc1. The summed E-state index contributed by atoms with van der Waals surface area (Å²) in [6.07, 6.45) is 1.98. The normalized spacial score (nSPS) is 12.8. The lowest BCUT2D eigenvalue weighted by Crippen LogP contribution is -2.28. The molecule has 5 heteroatoms. The van der Waals surface area contributed by atoms with Gasteiger partial charge in [-0.3, -0.25) is 4.99 Å². The van der Waals surface area contributed by atoms with Crippen molar-refractivity contribution < 1.29 is 4.74 Å². The van der Waals surface area contributed by atoms with Crippen LogP contribution in [0.1, 0.15) is 0 Å². The molecule has 1 aromatic carbocycles. The Morgan fingerprint density at radius 2 is 2.00 bits per heavy atom. The molecule has 3 aromatic rings. The molecule has 4 rings (SSSR count). The molecule has 0 amide bonds. The fourth-order valence-corrected chi connectivity index (χ4v) is 2.34. The van der Waals surface area contributed by atoms with Crippen LogP contribution in [0.3, 0.4) is 0 Å². The number of H-pyrrole nitrogens is 1. The van der Waals surface area contributed by atoms with Gasteiger partial charge in [-0.05, 0) is 42.0 Å². The predicted octanol–water partition coefficient (Wildman–Crippen LogP) is 1.05. The molecule has 0 bridgehead atoms. The minimum absolute atomic E-state index is 0.674. The summed E-state index contributed by atoms with van der Waals surface area (Å²) < 4.78 is 5.17. The maximum Gasteiger partial charge on any atom is 0.174 e. The Morgan fingerprint density at radius 3 is 2.80 bits per heavy atom. The van der Waals surface area contributed by atoms with Crippen LogP contribution >= 0.6 is 0 Å².